The zero-order valence-electron chi connectivity index (χ0n) is 12.2. The third kappa shape index (κ3) is 3.62. The highest BCUT2D eigenvalue weighted by molar-refractivity contribution is 7.11. The van der Waals surface area contributed by atoms with E-state index in [1.165, 1.54) is 0 Å². The first-order chi connectivity index (χ1) is 9.76. The summed E-state index contributed by atoms with van der Waals surface area (Å²) >= 11 is 1.61. The van der Waals surface area contributed by atoms with Gasteiger partial charge in [-0.1, -0.05) is 48.6 Å². The second-order valence-electron chi connectivity index (χ2n) is 4.68. The van der Waals surface area contributed by atoms with Crippen LogP contribution in [0, 0.1) is 0 Å². The van der Waals surface area contributed by atoms with E-state index in [0.717, 1.165) is 28.5 Å². The van der Waals surface area contributed by atoms with Crippen LogP contribution in [0.5, 0.6) is 0 Å². The molecule has 0 fully saturated rings. The molecule has 2 atom stereocenters. The Bertz CT molecular complexity index is 515. The first kappa shape index (κ1) is 15.1. The molecule has 108 valence electrons. The highest BCUT2D eigenvalue weighted by atomic mass is 32.1. The Morgan fingerprint density at radius 1 is 1.20 bits per heavy atom. The molecule has 1 aromatic heterocycles. The van der Waals surface area contributed by atoms with E-state index in [1.54, 1.807) is 18.4 Å². The number of hydrogen-bond acceptors (Lipinski definition) is 5. The van der Waals surface area contributed by atoms with Crippen molar-refractivity contribution < 1.29 is 4.74 Å². The lowest BCUT2D eigenvalue weighted by molar-refractivity contribution is 0.135. The molecule has 4 nitrogen and oxygen atoms in total. The van der Waals surface area contributed by atoms with E-state index in [2.05, 4.69) is 29.4 Å². The molecule has 20 heavy (non-hydrogen) atoms. The summed E-state index contributed by atoms with van der Waals surface area (Å²) in [5, 5.41) is 13.9. The molecular weight excluding hydrogens is 270 g/mol. The Morgan fingerprint density at radius 3 is 2.55 bits per heavy atom. The molecule has 2 aromatic rings. The fourth-order valence-electron chi connectivity index (χ4n) is 1.98. The van der Waals surface area contributed by atoms with Gasteiger partial charge in [-0.05, 0) is 25.5 Å². The van der Waals surface area contributed by atoms with Gasteiger partial charge in [-0.3, -0.25) is 0 Å². The standard InChI is InChI=1S/C15H21N3OS/c1-4-10-16-11(2)14-17-18-15(20-14)13(19-3)12-8-6-5-7-9-12/h5-9,11,13,16H,4,10H2,1-3H3. The Morgan fingerprint density at radius 2 is 1.90 bits per heavy atom. The first-order valence-corrected chi connectivity index (χ1v) is 7.72. The van der Waals surface area contributed by atoms with Crippen LogP contribution in [0.4, 0.5) is 0 Å². The molecule has 0 aliphatic heterocycles. The maximum absolute atomic E-state index is 5.58. The summed E-state index contributed by atoms with van der Waals surface area (Å²) in [4.78, 5) is 0. The summed E-state index contributed by atoms with van der Waals surface area (Å²) in [5.41, 5.74) is 1.10. The van der Waals surface area contributed by atoms with Gasteiger partial charge in [0.15, 0.2) is 5.01 Å². The van der Waals surface area contributed by atoms with Gasteiger partial charge >= 0.3 is 0 Å². The molecule has 0 spiro atoms. The topological polar surface area (TPSA) is 47.0 Å². The van der Waals surface area contributed by atoms with Gasteiger partial charge in [0, 0.05) is 7.11 Å². The lowest BCUT2D eigenvalue weighted by atomic mass is 10.1. The van der Waals surface area contributed by atoms with Crippen LogP contribution in [0.3, 0.4) is 0 Å². The normalized spacial score (nSPS) is 14.2. The molecule has 0 bridgehead atoms. The summed E-state index contributed by atoms with van der Waals surface area (Å²) in [5.74, 6) is 0. The minimum Gasteiger partial charge on any atom is -0.369 e. The van der Waals surface area contributed by atoms with E-state index in [9.17, 15) is 0 Å². The number of nitrogens with zero attached hydrogens (tertiary/aromatic N) is 2. The van der Waals surface area contributed by atoms with E-state index in [1.807, 2.05) is 30.3 Å². The van der Waals surface area contributed by atoms with Crippen LogP contribution in [0.25, 0.3) is 0 Å². The molecule has 1 N–H and O–H groups in total. The molecule has 5 heteroatoms. The van der Waals surface area contributed by atoms with Crippen molar-refractivity contribution >= 4 is 11.3 Å². The van der Waals surface area contributed by atoms with Crippen LogP contribution in [-0.4, -0.2) is 23.9 Å². The quantitative estimate of drug-likeness (QED) is 0.850. The molecule has 0 amide bonds. The second kappa shape index (κ2) is 7.47. The van der Waals surface area contributed by atoms with Crippen LogP contribution in [0.1, 0.15) is 48.0 Å². The van der Waals surface area contributed by atoms with Gasteiger partial charge in [0.05, 0.1) is 6.04 Å². The zero-order chi connectivity index (χ0) is 14.4. The van der Waals surface area contributed by atoms with E-state index in [0.29, 0.717) is 0 Å². The Hall–Kier alpha value is -1.30. The number of rotatable bonds is 7. The number of ether oxygens (including phenoxy) is 1. The van der Waals surface area contributed by atoms with E-state index in [-0.39, 0.29) is 12.1 Å². The average molecular weight is 291 g/mol. The summed E-state index contributed by atoms with van der Waals surface area (Å²) in [6.07, 6.45) is 0.974. The molecule has 2 rings (SSSR count). The highest BCUT2D eigenvalue weighted by Crippen LogP contribution is 2.29. The van der Waals surface area contributed by atoms with E-state index >= 15 is 0 Å². The van der Waals surface area contributed by atoms with Crippen LogP contribution < -0.4 is 5.32 Å². The molecule has 0 saturated carbocycles. The van der Waals surface area contributed by atoms with Crippen molar-refractivity contribution in [2.45, 2.75) is 32.4 Å². The van der Waals surface area contributed by atoms with Crippen molar-refractivity contribution in [1.29, 1.82) is 0 Å². The van der Waals surface area contributed by atoms with Crippen molar-refractivity contribution in [2.75, 3.05) is 13.7 Å². The smallest absolute Gasteiger partial charge is 0.151 e. The number of benzene rings is 1. The number of nitrogens with one attached hydrogen (secondary N) is 1. The minimum atomic E-state index is -0.138. The van der Waals surface area contributed by atoms with Gasteiger partial charge in [-0.25, -0.2) is 0 Å². The molecular formula is C15H21N3OS. The zero-order valence-corrected chi connectivity index (χ0v) is 13.0. The average Bonchev–Trinajstić information content (AvgIpc) is 2.96. The lowest BCUT2D eigenvalue weighted by Crippen LogP contribution is -2.19. The molecule has 1 aromatic carbocycles. The fourth-order valence-corrected chi connectivity index (χ4v) is 2.96. The van der Waals surface area contributed by atoms with Gasteiger partial charge < -0.3 is 10.1 Å². The lowest BCUT2D eigenvalue weighted by Gasteiger charge is -2.12. The van der Waals surface area contributed by atoms with Crippen LogP contribution in [0.15, 0.2) is 30.3 Å². The van der Waals surface area contributed by atoms with E-state index in [4.69, 9.17) is 4.74 Å². The maximum atomic E-state index is 5.58. The van der Waals surface area contributed by atoms with Crippen molar-refractivity contribution in [3.8, 4) is 0 Å². The summed E-state index contributed by atoms with van der Waals surface area (Å²) < 4.78 is 5.58. The van der Waals surface area contributed by atoms with Crippen molar-refractivity contribution in [1.82, 2.24) is 15.5 Å². The number of methoxy groups -OCH3 is 1. The third-order valence-corrected chi connectivity index (χ3v) is 4.24. The molecule has 0 aliphatic rings. The van der Waals surface area contributed by atoms with Gasteiger partial charge in [0.1, 0.15) is 11.1 Å². The third-order valence-electron chi connectivity index (χ3n) is 3.09. The molecule has 2 unspecified atom stereocenters. The Kier molecular flexibility index (Phi) is 5.64. The molecule has 0 aliphatic carbocycles. The summed E-state index contributed by atoms with van der Waals surface area (Å²) in [7, 11) is 1.71. The highest BCUT2D eigenvalue weighted by Gasteiger charge is 2.20. The Labute approximate surface area is 124 Å². The monoisotopic (exact) mass is 291 g/mol. The largest absolute Gasteiger partial charge is 0.369 e. The minimum absolute atomic E-state index is 0.138. The Balaban J connectivity index is 2.14. The van der Waals surface area contributed by atoms with Crippen LogP contribution in [-0.2, 0) is 4.74 Å². The number of hydrogen-bond donors (Lipinski definition) is 1. The summed E-state index contributed by atoms with van der Waals surface area (Å²) in [6, 6.07) is 10.3. The fraction of sp³-hybridized carbons (Fsp3) is 0.467. The second-order valence-corrected chi connectivity index (χ2v) is 5.72. The van der Waals surface area contributed by atoms with Crippen molar-refractivity contribution in [3.63, 3.8) is 0 Å². The number of aromatic nitrogens is 2. The first-order valence-electron chi connectivity index (χ1n) is 6.90. The predicted molar refractivity (Wildman–Crippen MR) is 81.9 cm³/mol. The SMILES string of the molecule is CCCNC(C)c1nnc(C(OC)c2ccccc2)s1. The molecule has 1 heterocycles. The van der Waals surface area contributed by atoms with Gasteiger partial charge in [0.25, 0.3) is 0 Å². The van der Waals surface area contributed by atoms with Gasteiger partial charge in [-0.2, -0.15) is 0 Å². The van der Waals surface area contributed by atoms with Crippen molar-refractivity contribution in [2.24, 2.45) is 0 Å². The predicted octanol–water partition coefficient (Wildman–Crippen LogP) is 3.33. The molecule has 0 radical (unpaired) electrons. The maximum Gasteiger partial charge on any atom is 0.151 e. The van der Waals surface area contributed by atoms with Crippen LogP contribution in [0.2, 0.25) is 0 Å². The van der Waals surface area contributed by atoms with Gasteiger partial charge in [-0.15, -0.1) is 10.2 Å². The molecule has 0 saturated heterocycles. The summed E-state index contributed by atoms with van der Waals surface area (Å²) in [6.45, 7) is 5.26. The van der Waals surface area contributed by atoms with E-state index < -0.39 is 0 Å². The van der Waals surface area contributed by atoms with Gasteiger partial charge in [0.2, 0.25) is 0 Å². The van der Waals surface area contributed by atoms with Crippen molar-refractivity contribution in [3.05, 3.63) is 45.9 Å². The van der Waals surface area contributed by atoms with Crippen LogP contribution >= 0.6 is 11.3 Å².